The van der Waals surface area contributed by atoms with Gasteiger partial charge in [-0.25, -0.2) is 9.98 Å². The molecule has 0 radical (unpaired) electrons. The number of fused-ring (bicyclic) bond motifs is 1. The molecule has 44 heavy (non-hydrogen) atoms. The summed E-state index contributed by atoms with van der Waals surface area (Å²) >= 11 is 0. The predicted molar refractivity (Wildman–Crippen MR) is 176 cm³/mol. The molecule has 5 nitrogen and oxygen atoms in total. The highest BCUT2D eigenvalue weighted by atomic mass is 15.2. The highest BCUT2D eigenvalue weighted by Gasteiger charge is 2.20. The molecule has 0 amide bonds. The van der Waals surface area contributed by atoms with E-state index < -0.39 is 0 Å². The molecule has 6 aromatic rings. The second-order valence-electron chi connectivity index (χ2n) is 10.6. The summed E-state index contributed by atoms with van der Waals surface area (Å²) in [5.74, 6) is 1.48. The second kappa shape index (κ2) is 11.5. The fraction of sp³-hybridized carbons (Fsp3) is 0.0256. The number of nitrogens with one attached hydrogen (secondary N) is 1. The average Bonchev–Trinajstić information content (AvgIpc) is 3.11. The fourth-order valence-electron chi connectivity index (χ4n) is 5.57. The van der Waals surface area contributed by atoms with Crippen molar-refractivity contribution in [2.45, 2.75) is 6.17 Å². The van der Waals surface area contributed by atoms with Crippen molar-refractivity contribution < 1.29 is 0 Å². The number of rotatable bonds is 5. The van der Waals surface area contributed by atoms with E-state index >= 15 is 0 Å². The van der Waals surface area contributed by atoms with E-state index in [9.17, 15) is 10.5 Å². The first kappa shape index (κ1) is 26.6. The summed E-state index contributed by atoms with van der Waals surface area (Å²) in [5.41, 5.74) is 7.99. The molecule has 0 saturated heterocycles. The van der Waals surface area contributed by atoms with Crippen LogP contribution in [0.5, 0.6) is 0 Å². The summed E-state index contributed by atoms with van der Waals surface area (Å²) in [6, 6.07) is 50.8. The molecule has 0 spiro atoms. The zero-order valence-electron chi connectivity index (χ0n) is 23.6. The van der Waals surface area contributed by atoms with Gasteiger partial charge >= 0.3 is 0 Å². The zero-order chi connectivity index (χ0) is 29.9. The van der Waals surface area contributed by atoms with Crippen LogP contribution in [0.3, 0.4) is 0 Å². The Kier molecular flexibility index (Phi) is 6.97. The Bertz CT molecular complexity index is 2120. The first-order valence-electron chi connectivity index (χ1n) is 14.3. The van der Waals surface area contributed by atoms with E-state index in [4.69, 9.17) is 9.98 Å². The molecule has 1 aliphatic rings. The smallest absolute Gasteiger partial charge is 0.159 e. The summed E-state index contributed by atoms with van der Waals surface area (Å²) in [7, 11) is 0. The standard InChI is InChI=1S/C39H25N5/c40-24-26-20-27(25-41)22-34(21-26)35-13-7-12-33-23-32(18-19-36(33)35)28-14-16-31(17-15-28)39-43-37(29-8-3-1-4-9-29)42-38(44-39)30-10-5-2-6-11-30/h1-23,37H,(H,42,43,44). The van der Waals surface area contributed by atoms with E-state index in [1.165, 1.54) is 0 Å². The van der Waals surface area contributed by atoms with Gasteiger partial charge in [0.2, 0.25) is 0 Å². The lowest BCUT2D eigenvalue weighted by molar-refractivity contribution is 0.674. The molecule has 0 aliphatic carbocycles. The third kappa shape index (κ3) is 5.23. The van der Waals surface area contributed by atoms with Crippen LogP contribution in [0.1, 0.15) is 34.0 Å². The average molecular weight is 564 g/mol. The van der Waals surface area contributed by atoms with E-state index in [1.807, 2.05) is 72.8 Å². The van der Waals surface area contributed by atoms with Gasteiger partial charge in [-0.1, -0.05) is 115 Å². The maximum atomic E-state index is 9.46. The Hall–Kier alpha value is -6.30. The van der Waals surface area contributed by atoms with Crippen LogP contribution in [0.25, 0.3) is 33.0 Å². The van der Waals surface area contributed by atoms with Crippen LogP contribution in [0.2, 0.25) is 0 Å². The summed E-state index contributed by atoms with van der Waals surface area (Å²) in [4.78, 5) is 9.90. The van der Waals surface area contributed by atoms with Crippen molar-refractivity contribution in [1.29, 1.82) is 10.5 Å². The largest absolute Gasteiger partial charge is 0.344 e. The minimum atomic E-state index is -0.244. The van der Waals surface area contributed by atoms with E-state index in [-0.39, 0.29) is 6.17 Å². The molecule has 7 rings (SSSR count). The number of nitrogens with zero attached hydrogens (tertiary/aromatic N) is 4. The van der Waals surface area contributed by atoms with Crippen molar-refractivity contribution in [1.82, 2.24) is 5.32 Å². The van der Waals surface area contributed by atoms with Gasteiger partial charge < -0.3 is 5.32 Å². The van der Waals surface area contributed by atoms with Gasteiger partial charge in [0.15, 0.2) is 5.84 Å². The molecule has 0 bridgehead atoms. The van der Waals surface area contributed by atoms with Crippen molar-refractivity contribution in [3.63, 3.8) is 0 Å². The van der Waals surface area contributed by atoms with Gasteiger partial charge in [0.05, 0.1) is 23.3 Å². The molecular weight excluding hydrogens is 538 g/mol. The molecule has 6 aromatic carbocycles. The van der Waals surface area contributed by atoms with Crippen LogP contribution >= 0.6 is 0 Å². The highest BCUT2D eigenvalue weighted by Crippen LogP contribution is 2.33. The lowest BCUT2D eigenvalue weighted by Gasteiger charge is -2.23. The van der Waals surface area contributed by atoms with Gasteiger partial charge in [0.1, 0.15) is 12.0 Å². The maximum Gasteiger partial charge on any atom is 0.159 e. The van der Waals surface area contributed by atoms with Gasteiger partial charge in [0.25, 0.3) is 0 Å². The van der Waals surface area contributed by atoms with Crippen molar-refractivity contribution in [3.8, 4) is 34.4 Å². The van der Waals surface area contributed by atoms with Gasteiger partial charge in [-0.15, -0.1) is 0 Å². The first-order valence-corrected chi connectivity index (χ1v) is 14.3. The predicted octanol–water partition coefficient (Wildman–Crippen LogP) is 8.41. The maximum absolute atomic E-state index is 9.46. The van der Waals surface area contributed by atoms with Crippen molar-refractivity contribution in [3.05, 3.63) is 167 Å². The zero-order valence-corrected chi connectivity index (χ0v) is 23.6. The number of amidine groups is 2. The van der Waals surface area contributed by atoms with E-state index in [0.717, 1.165) is 55.6 Å². The number of aliphatic imine (C=N–C) groups is 2. The van der Waals surface area contributed by atoms with Crippen LogP contribution in [-0.4, -0.2) is 11.7 Å². The molecule has 0 fully saturated rings. The number of nitriles is 2. The second-order valence-corrected chi connectivity index (χ2v) is 10.6. The van der Waals surface area contributed by atoms with Gasteiger partial charge in [0, 0.05) is 11.1 Å². The van der Waals surface area contributed by atoms with Gasteiger partial charge in [-0.2, -0.15) is 10.5 Å². The summed E-state index contributed by atoms with van der Waals surface area (Å²) in [6.07, 6.45) is -0.244. The van der Waals surface area contributed by atoms with Crippen molar-refractivity contribution >= 4 is 22.4 Å². The molecule has 1 unspecified atom stereocenters. The highest BCUT2D eigenvalue weighted by molar-refractivity contribution is 6.13. The quantitative estimate of drug-likeness (QED) is 0.229. The fourth-order valence-corrected chi connectivity index (χ4v) is 5.57. The van der Waals surface area contributed by atoms with E-state index in [1.54, 1.807) is 6.07 Å². The van der Waals surface area contributed by atoms with Crippen LogP contribution in [0.4, 0.5) is 0 Å². The molecular formula is C39H25N5. The summed E-state index contributed by atoms with van der Waals surface area (Å²) in [5, 5.41) is 24.6. The molecule has 1 aliphatic heterocycles. The molecule has 206 valence electrons. The van der Waals surface area contributed by atoms with Crippen LogP contribution < -0.4 is 5.32 Å². The number of hydrogen-bond acceptors (Lipinski definition) is 5. The summed E-state index contributed by atoms with van der Waals surface area (Å²) < 4.78 is 0. The molecule has 0 aromatic heterocycles. The lowest BCUT2D eigenvalue weighted by atomic mass is 9.93. The monoisotopic (exact) mass is 563 g/mol. The molecule has 5 heteroatoms. The third-order valence-corrected chi connectivity index (χ3v) is 7.76. The molecule has 0 saturated carbocycles. The lowest BCUT2D eigenvalue weighted by Crippen LogP contribution is -2.33. The van der Waals surface area contributed by atoms with Crippen LogP contribution in [0, 0.1) is 22.7 Å². The van der Waals surface area contributed by atoms with E-state index in [2.05, 4.69) is 78.1 Å². The van der Waals surface area contributed by atoms with Gasteiger partial charge in [-0.05, 0) is 62.9 Å². The molecule has 1 atom stereocenters. The molecule has 1 N–H and O–H groups in total. The first-order chi connectivity index (χ1) is 21.7. The Morgan fingerprint density at radius 1 is 0.545 bits per heavy atom. The van der Waals surface area contributed by atoms with Crippen LogP contribution in [0.15, 0.2) is 150 Å². The Morgan fingerprint density at radius 2 is 1.20 bits per heavy atom. The van der Waals surface area contributed by atoms with E-state index in [0.29, 0.717) is 17.0 Å². The topological polar surface area (TPSA) is 84.3 Å². The summed E-state index contributed by atoms with van der Waals surface area (Å²) in [6.45, 7) is 0. The van der Waals surface area contributed by atoms with Gasteiger partial charge in [-0.3, -0.25) is 0 Å². The minimum absolute atomic E-state index is 0.244. The SMILES string of the molecule is N#Cc1cc(C#N)cc(-c2cccc3cc(-c4ccc(C5=NC(c6ccccc6)NC(c6ccccc6)=N5)cc4)ccc23)c1. The Labute approximate surface area is 255 Å². The minimum Gasteiger partial charge on any atom is -0.344 e. The third-order valence-electron chi connectivity index (χ3n) is 7.76. The molecule has 1 heterocycles. The number of benzene rings is 6. The number of hydrogen-bond donors (Lipinski definition) is 1. The Balaban J connectivity index is 1.23. The Morgan fingerprint density at radius 3 is 1.91 bits per heavy atom. The van der Waals surface area contributed by atoms with Crippen LogP contribution in [-0.2, 0) is 0 Å². The van der Waals surface area contributed by atoms with Crippen molar-refractivity contribution in [2.24, 2.45) is 9.98 Å². The normalized spacial score (nSPS) is 14.1. The van der Waals surface area contributed by atoms with Crippen molar-refractivity contribution in [2.75, 3.05) is 0 Å².